The summed E-state index contributed by atoms with van der Waals surface area (Å²) in [6.45, 7) is 0. The molecule has 20 heavy (non-hydrogen) atoms. The van der Waals surface area contributed by atoms with Gasteiger partial charge in [0.15, 0.2) is 0 Å². The monoisotopic (exact) mass is 402 g/mol. The Morgan fingerprint density at radius 2 is 2.05 bits per heavy atom. The maximum Gasteiger partial charge on any atom is 0.243 e. The van der Waals surface area contributed by atoms with E-state index in [2.05, 4.69) is 20.7 Å². The number of sulfonamides is 1. The maximum atomic E-state index is 12.4. The van der Waals surface area contributed by atoms with Gasteiger partial charge < -0.3 is 5.73 Å². The number of nitrogens with one attached hydrogen (secondary N) is 1. The standard InChI is InChI=1S/C12H16BrClN2O2S.ClH/c13-10-5-2-6-11(14)12(10)19(17,18)16-9-4-1-3-8(15)7-9;/h2,5-6,8-9,16H,1,3-4,7,15H2;1H. The molecule has 114 valence electrons. The first kappa shape index (κ1) is 18.2. The van der Waals surface area contributed by atoms with Crippen LogP contribution in [-0.4, -0.2) is 20.5 Å². The summed E-state index contributed by atoms with van der Waals surface area (Å²) in [5, 5.41) is 0.210. The van der Waals surface area contributed by atoms with Crippen LogP contribution in [-0.2, 0) is 10.0 Å². The zero-order valence-electron chi connectivity index (χ0n) is 10.7. The molecule has 1 saturated carbocycles. The van der Waals surface area contributed by atoms with Gasteiger partial charge in [0.25, 0.3) is 0 Å². The quantitative estimate of drug-likeness (QED) is 0.814. The fraction of sp³-hybridized carbons (Fsp3) is 0.500. The minimum Gasteiger partial charge on any atom is -0.328 e. The minimum atomic E-state index is -3.63. The van der Waals surface area contributed by atoms with Gasteiger partial charge in [-0.2, -0.15) is 0 Å². The van der Waals surface area contributed by atoms with Crippen molar-refractivity contribution in [1.29, 1.82) is 0 Å². The van der Waals surface area contributed by atoms with E-state index >= 15 is 0 Å². The molecule has 0 spiro atoms. The summed E-state index contributed by atoms with van der Waals surface area (Å²) >= 11 is 9.22. The Kier molecular flexibility index (Phi) is 6.76. The van der Waals surface area contributed by atoms with Gasteiger partial charge in [0, 0.05) is 16.6 Å². The summed E-state index contributed by atoms with van der Waals surface area (Å²) in [7, 11) is -3.63. The van der Waals surface area contributed by atoms with E-state index < -0.39 is 10.0 Å². The lowest BCUT2D eigenvalue weighted by Crippen LogP contribution is -2.42. The summed E-state index contributed by atoms with van der Waals surface area (Å²) in [6, 6.07) is 4.87. The van der Waals surface area contributed by atoms with Crippen LogP contribution in [0.1, 0.15) is 25.7 Å². The Morgan fingerprint density at radius 3 is 2.65 bits per heavy atom. The smallest absolute Gasteiger partial charge is 0.243 e. The second-order valence-electron chi connectivity index (χ2n) is 4.80. The molecule has 4 nitrogen and oxygen atoms in total. The highest BCUT2D eigenvalue weighted by atomic mass is 79.9. The van der Waals surface area contributed by atoms with Crippen LogP contribution in [0.2, 0.25) is 5.02 Å². The molecule has 0 amide bonds. The summed E-state index contributed by atoms with van der Waals surface area (Å²) in [6.07, 6.45) is 3.38. The van der Waals surface area contributed by atoms with Crippen LogP contribution in [0.4, 0.5) is 0 Å². The van der Waals surface area contributed by atoms with E-state index in [0.29, 0.717) is 10.9 Å². The van der Waals surface area contributed by atoms with Gasteiger partial charge in [0.1, 0.15) is 4.90 Å². The van der Waals surface area contributed by atoms with Gasteiger partial charge in [0.2, 0.25) is 10.0 Å². The second-order valence-corrected chi connectivity index (χ2v) is 7.71. The third kappa shape index (κ3) is 4.32. The van der Waals surface area contributed by atoms with Crippen molar-refractivity contribution in [2.75, 3.05) is 0 Å². The molecule has 3 N–H and O–H groups in total. The molecule has 1 aromatic carbocycles. The Bertz CT molecular complexity index is 548. The van der Waals surface area contributed by atoms with Crippen LogP contribution in [0.15, 0.2) is 27.6 Å². The first-order valence-corrected chi connectivity index (χ1v) is 8.77. The highest BCUT2D eigenvalue weighted by Crippen LogP contribution is 2.30. The predicted octanol–water partition coefficient (Wildman–Crippen LogP) is 3.07. The summed E-state index contributed by atoms with van der Waals surface area (Å²) in [4.78, 5) is 0.0933. The van der Waals surface area contributed by atoms with E-state index in [1.165, 1.54) is 0 Å². The van der Waals surface area contributed by atoms with Gasteiger partial charge in [-0.05, 0) is 47.3 Å². The lowest BCUT2D eigenvalue weighted by Gasteiger charge is -2.27. The average Bonchev–Trinajstić information content (AvgIpc) is 2.27. The number of benzene rings is 1. The second kappa shape index (κ2) is 7.42. The molecule has 0 aliphatic heterocycles. The molecule has 1 fully saturated rings. The van der Waals surface area contributed by atoms with Gasteiger partial charge >= 0.3 is 0 Å². The van der Waals surface area contributed by atoms with Crippen molar-refractivity contribution >= 4 is 50.0 Å². The van der Waals surface area contributed by atoms with Crippen molar-refractivity contribution < 1.29 is 8.42 Å². The predicted molar refractivity (Wildman–Crippen MR) is 87.0 cm³/mol. The van der Waals surface area contributed by atoms with Crippen molar-refractivity contribution in [1.82, 2.24) is 4.72 Å². The Balaban J connectivity index is 0.00000200. The van der Waals surface area contributed by atoms with Crippen LogP contribution in [0, 0.1) is 0 Å². The molecule has 0 heterocycles. The van der Waals surface area contributed by atoms with Gasteiger partial charge in [-0.15, -0.1) is 12.4 Å². The number of halogens is 3. The highest BCUT2D eigenvalue weighted by Gasteiger charge is 2.27. The Morgan fingerprint density at radius 1 is 1.35 bits per heavy atom. The molecule has 1 aliphatic rings. The molecule has 2 atom stereocenters. The van der Waals surface area contributed by atoms with E-state index in [1.807, 2.05) is 0 Å². The molecule has 0 aromatic heterocycles. The molecule has 0 saturated heterocycles. The summed E-state index contributed by atoms with van der Waals surface area (Å²) in [5.41, 5.74) is 5.87. The van der Waals surface area contributed by atoms with Gasteiger partial charge in [-0.25, -0.2) is 13.1 Å². The molecule has 8 heteroatoms. The third-order valence-corrected chi connectivity index (χ3v) is 6.20. The normalized spacial score (nSPS) is 23.1. The lowest BCUT2D eigenvalue weighted by molar-refractivity contribution is 0.371. The fourth-order valence-corrected chi connectivity index (χ4v) is 5.37. The molecule has 2 unspecified atom stereocenters. The number of hydrogen-bond donors (Lipinski definition) is 2. The van der Waals surface area contributed by atoms with Crippen LogP contribution >= 0.6 is 39.9 Å². The van der Waals surface area contributed by atoms with Gasteiger partial charge in [-0.1, -0.05) is 24.1 Å². The van der Waals surface area contributed by atoms with Crippen molar-refractivity contribution in [2.24, 2.45) is 5.73 Å². The molecular weight excluding hydrogens is 387 g/mol. The van der Waals surface area contributed by atoms with E-state index in [4.69, 9.17) is 17.3 Å². The van der Waals surface area contributed by atoms with E-state index in [0.717, 1.165) is 19.3 Å². The first-order valence-electron chi connectivity index (χ1n) is 6.12. The Hall–Kier alpha value is 0.150. The van der Waals surface area contributed by atoms with Crippen LogP contribution < -0.4 is 10.5 Å². The zero-order valence-corrected chi connectivity index (χ0v) is 14.7. The number of rotatable bonds is 3. The molecule has 1 aliphatic carbocycles. The maximum absolute atomic E-state index is 12.4. The first-order chi connectivity index (χ1) is 8.90. The molecular formula is C12H17BrCl2N2O2S. The van der Waals surface area contributed by atoms with Crippen LogP contribution in [0.25, 0.3) is 0 Å². The van der Waals surface area contributed by atoms with Crippen molar-refractivity contribution in [3.05, 3.63) is 27.7 Å². The van der Waals surface area contributed by atoms with E-state index in [1.54, 1.807) is 18.2 Å². The SMILES string of the molecule is Cl.NC1CCCC(NS(=O)(=O)c2c(Cl)cccc2Br)C1. The van der Waals surface area contributed by atoms with Crippen molar-refractivity contribution in [3.8, 4) is 0 Å². The topological polar surface area (TPSA) is 72.2 Å². The van der Waals surface area contributed by atoms with E-state index in [-0.39, 0.29) is 34.4 Å². The fourth-order valence-electron chi connectivity index (χ4n) is 2.35. The molecule has 1 aromatic rings. The molecule has 0 radical (unpaired) electrons. The van der Waals surface area contributed by atoms with E-state index in [9.17, 15) is 8.42 Å². The number of nitrogens with two attached hydrogens (primary N) is 1. The average molecular weight is 404 g/mol. The molecule has 0 bridgehead atoms. The van der Waals surface area contributed by atoms with Gasteiger partial charge in [-0.3, -0.25) is 0 Å². The van der Waals surface area contributed by atoms with Crippen LogP contribution in [0.5, 0.6) is 0 Å². The van der Waals surface area contributed by atoms with Gasteiger partial charge in [0.05, 0.1) is 5.02 Å². The van der Waals surface area contributed by atoms with Crippen molar-refractivity contribution in [3.63, 3.8) is 0 Å². The zero-order chi connectivity index (χ0) is 14.0. The minimum absolute atomic E-state index is 0. The van der Waals surface area contributed by atoms with Crippen LogP contribution in [0.3, 0.4) is 0 Å². The lowest BCUT2D eigenvalue weighted by atomic mass is 9.92. The third-order valence-electron chi connectivity index (χ3n) is 3.22. The summed E-state index contributed by atoms with van der Waals surface area (Å²) < 4.78 is 27.9. The molecule has 2 rings (SSSR count). The highest BCUT2D eigenvalue weighted by molar-refractivity contribution is 9.10. The largest absolute Gasteiger partial charge is 0.328 e. The Labute approximate surface area is 139 Å². The summed E-state index contributed by atoms with van der Waals surface area (Å²) in [5.74, 6) is 0. The number of hydrogen-bond acceptors (Lipinski definition) is 3. The van der Waals surface area contributed by atoms with Crippen molar-refractivity contribution in [2.45, 2.75) is 42.7 Å².